The van der Waals surface area contributed by atoms with Gasteiger partial charge in [0.15, 0.2) is 5.82 Å². The highest BCUT2D eigenvalue weighted by atomic mass is 32.2. The number of carbonyl (C=O) groups is 1. The first-order valence-electron chi connectivity index (χ1n) is 6.18. The maximum Gasteiger partial charge on any atom is 0.225 e. The van der Waals surface area contributed by atoms with Crippen molar-refractivity contribution in [3.8, 4) is 0 Å². The van der Waals surface area contributed by atoms with E-state index >= 15 is 0 Å². The van der Waals surface area contributed by atoms with Gasteiger partial charge in [-0.25, -0.2) is 4.39 Å². The van der Waals surface area contributed by atoms with Gasteiger partial charge in [-0.1, -0.05) is 30.8 Å². The summed E-state index contributed by atoms with van der Waals surface area (Å²) in [5, 5.41) is 11.3. The Morgan fingerprint density at radius 1 is 1.30 bits per heavy atom. The standard InChI is InChI=1S/C14H14FN3OS/c1-2-13(19)16-12-6-7-14(18-17-12)20-9-10-4-3-5-11(15)8-10/h3-8H,2,9H2,1H3,(H,16,17,19). The van der Waals surface area contributed by atoms with Crippen molar-refractivity contribution in [2.75, 3.05) is 5.32 Å². The van der Waals surface area contributed by atoms with Gasteiger partial charge in [-0.2, -0.15) is 0 Å². The second-order valence-corrected chi connectivity index (χ2v) is 5.07. The average molecular weight is 291 g/mol. The fourth-order valence-electron chi connectivity index (χ4n) is 1.48. The van der Waals surface area contributed by atoms with E-state index in [0.29, 0.717) is 18.0 Å². The van der Waals surface area contributed by atoms with Gasteiger partial charge in [0.25, 0.3) is 0 Å². The highest BCUT2D eigenvalue weighted by Crippen LogP contribution is 2.21. The molecule has 0 spiro atoms. The quantitative estimate of drug-likeness (QED) is 0.859. The molecule has 4 nitrogen and oxygen atoms in total. The molecule has 0 aliphatic carbocycles. The predicted octanol–water partition coefficient (Wildman–Crippen LogP) is 3.26. The summed E-state index contributed by atoms with van der Waals surface area (Å²) in [6, 6.07) is 9.94. The Hall–Kier alpha value is -1.95. The van der Waals surface area contributed by atoms with Crippen molar-refractivity contribution < 1.29 is 9.18 Å². The molecular formula is C14H14FN3OS. The number of carbonyl (C=O) groups excluding carboxylic acids is 1. The van der Waals surface area contributed by atoms with E-state index in [1.807, 2.05) is 6.07 Å². The summed E-state index contributed by atoms with van der Waals surface area (Å²) < 4.78 is 13.0. The summed E-state index contributed by atoms with van der Waals surface area (Å²) in [5.41, 5.74) is 0.889. The minimum absolute atomic E-state index is 0.0977. The molecule has 0 unspecified atom stereocenters. The van der Waals surface area contributed by atoms with Crippen molar-refractivity contribution in [2.24, 2.45) is 0 Å². The van der Waals surface area contributed by atoms with Gasteiger partial charge in [-0.05, 0) is 29.8 Å². The lowest BCUT2D eigenvalue weighted by Gasteiger charge is -2.03. The van der Waals surface area contributed by atoms with Crippen molar-refractivity contribution >= 4 is 23.5 Å². The van der Waals surface area contributed by atoms with E-state index in [0.717, 1.165) is 10.6 Å². The Morgan fingerprint density at radius 2 is 2.15 bits per heavy atom. The molecule has 104 valence electrons. The Kier molecular flexibility index (Phi) is 5.06. The molecular weight excluding hydrogens is 277 g/mol. The van der Waals surface area contributed by atoms with Crippen LogP contribution in [0.4, 0.5) is 10.2 Å². The van der Waals surface area contributed by atoms with E-state index in [9.17, 15) is 9.18 Å². The molecule has 20 heavy (non-hydrogen) atoms. The van der Waals surface area contributed by atoms with E-state index in [-0.39, 0.29) is 11.7 Å². The molecule has 0 saturated carbocycles. The highest BCUT2D eigenvalue weighted by molar-refractivity contribution is 7.98. The molecule has 2 rings (SSSR count). The van der Waals surface area contributed by atoms with Gasteiger partial charge in [-0.15, -0.1) is 10.2 Å². The Morgan fingerprint density at radius 3 is 2.80 bits per heavy atom. The SMILES string of the molecule is CCC(=O)Nc1ccc(SCc2cccc(F)c2)nn1. The number of amides is 1. The zero-order chi connectivity index (χ0) is 14.4. The maximum absolute atomic E-state index is 13.0. The summed E-state index contributed by atoms with van der Waals surface area (Å²) in [5.74, 6) is 0.714. The Balaban J connectivity index is 1.92. The second kappa shape index (κ2) is 7.00. The topological polar surface area (TPSA) is 54.9 Å². The summed E-state index contributed by atoms with van der Waals surface area (Å²) in [6.07, 6.45) is 0.401. The number of halogens is 1. The van der Waals surface area contributed by atoms with Crippen LogP contribution in [-0.4, -0.2) is 16.1 Å². The number of rotatable bonds is 5. The van der Waals surface area contributed by atoms with Crippen molar-refractivity contribution in [1.82, 2.24) is 10.2 Å². The van der Waals surface area contributed by atoms with Crippen molar-refractivity contribution in [1.29, 1.82) is 0 Å². The van der Waals surface area contributed by atoms with Gasteiger partial charge in [0, 0.05) is 12.2 Å². The lowest BCUT2D eigenvalue weighted by Crippen LogP contribution is -2.11. The number of hydrogen-bond donors (Lipinski definition) is 1. The van der Waals surface area contributed by atoms with Crippen LogP contribution in [0.25, 0.3) is 0 Å². The van der Waals surface area contributed by atoms with Gasteiger partial charge in [0.1, 0.15) is 10.8 Å². The van der Waals surface area contributed by atoms with Crippen LogP contribution in [0.2, 0.25) is 0 Å². The van der Waals surface area contributed by atoms with Crippen molar-refractivity contribution in [3.05, 3.63) is 47.8 Å². The molecule has 1 aromatic heterocycles. The molecule has 0 radical (unpaired) electrons. The van der Waals surface area contributed by atoms with Crippen LogP contribution < -0.4 is 5.32 Å². The van der Waals surface area contributed by atoms with Crippen molar-refractivity contribution in [3.63, 3.8) is 0 Å². The first-order valence-corrected chi connectivity index (χ1v) is 7.16. The molecule has 6 heteroatoms. The third-order valence-corrected chi connectivity index (χ3v) is 3.50. The first kappa shape index (κ1) is 14.5. The molecule has 1 aromatic carbocycles. The smallest absolute Gasteiger partial charge is 0.225 e. The van der Waals surface area contributed by atoms with E-state index in [1.165, 1.54) is 23.9 Å². The highest BCUT2D eigenvalue weighted by Gasteiger charge is 2.03. The molecule has 1 heterocycles. The molecule has 0 fully saturated rings. The molecule has 0 saturated heterocycles. The molecule has 0 bridgehead atoms. The summed E-state index contributed by atoms with van der Waals surface area (Å²) in [4.78, 5) is 11.2. The third kappa shape index (κ3) is 4.31. The van der Waals surface area contributed by atoms with E-state index in [1.54, 1.807) is 25.1 Å². The van der Waals surface area contributed by atoms with Crippen LogP contribution in [-0.2, 0) is 10.5 Å². The summed E-state index contributed by atoms with van der Waals surface area (Å²) in [7, 11) is 0. The number of aromatic nitrogens is 2. The number of hydrogen-bond acceptors (Lipinski definition) is 4. The van der Waals surface area contributed by atoms with Gasteiger partial charge in [-0.3, -0.25) is 4.79 Å². The van der Waals surface area contributed by atoms with Gasteiger partial charge in [0.05, 0.1) is 0 Å². The second-order valence-electron chi connectivity index (χ2n) is 4.08. The van der Waals surface area contributed by atoms with Gasteiger partial charge >= 0.3 is 0 Å². The zero-order valence-electron chi connectivity index (χ0n) is 11.0. The molecule has 1 N–H and O–H groups in total. The number of thioether (sulfide) groups is 1. The normalized spacial score (nSPS) is 10.3. The molecule has 1 amide bonds. The van der Waals surface area contributed by atoms with Crippen LogP contribution in [0.3, 0.4) is 0 Å². The zero-order valence-corrected chi connectivity index (χ0v) is 11.8. The van der Waals surface area contributed by atoms with Crippen LogP contribution in [0.5, 0.6) is 0 Å². The number of nitrogens with zero attached hydrogens (tertiary/aromatic N) is 2. The Labute approximate surface area is 120 Å². The van der Waals surface area contributed by atoms with Gasteiger partial charge in [0.2, 0.25) is 5.91 Å². The van der Waals surface area contributed by atoms with Crippen LogP contribution >= 0.6 is 11.8 Å². The minimum Gasteiger partial charge on any atom is -0.309 e. The predicted molar refractivity (Wildman–Crippen MR) is 76.9 cm³/mol. The number of benzene rings is 1. The lowest BCUT2D eigenvalue weighted by atomic mass is 10.2. The largest absolute Gasteiger partial charge is 0.309 e. The van der Waals surface area contributed by atoms with Gasteiger partial charge < -0.3 is 5.32 Å². The van der Waals surface area contributed by atoms with Crippen LogP contribution in [0, 0.1) is 5.82 Å². The Bertz CT molecular complexity index is 589. The fraction of sp³-hybridized carbons (Fsp3) is 0.214. The van der Waals surface area contributed by atoms with Crippen molar-refractivity contribution in [2.45, 2.75) is 24.1 Å². The average Bonchev–Trinajstić information content (AvgIpc) is 2.46. The summed E-state index contributed by atoms with van der Waals surface area (Å²) in [6.45, 7) is 1.77. The monoisotopic (exact) mass is 291 g/mol. The maximum atomic E-state index is 13.0. The van der Waals surface area contributed by atoms with Crippen LogP contribution in [0.15, 0.2) is 41.4 Å². The lowest BCUT2D eigenvalue weighted by molar-refractivity contribution is -0.115. The molecule has 0 atom stereocenters. The van der Waals surface area contributed by atoms with E-state index in [2.05, 4.69) is 15.5 Å². The minimum atomic E-state index is -0.244. The molecule has 0 aliphatic heterocycles. The molecule has 0 aliphatic rings. The third-order valence-electron chi connectivity index (χ3n) is 2.50. The summed E-state index contributed by atoms with van der Waals surface area (Å²) >= 11 is 1.46. The molecule has 2 aromatic rings. The van der Waals surface area contributed by atoms with E-state index in [4.69, 9.17) is 0 Å². The fourth-order valence-corrected chi connectivity index (χ4v) is 2.24. The van der Waals surface area contributed by atoms with Crippen LogP contribution in [0.1, 0.15) is 18.9 Å². The number of nitrogens with one attached hydrogen (secondary N) is 1. The number of anilines is 1. The van der Waals surface area contributed by atoms with E-state index < -0.39 is 0 Å². The first-order chi connectivity index (χ1) is 9.67.